The molecule has 0 atom stereocenters. The van der Waals surface area contributed by atoms with Crippen molar-refractivity contribution < 1.29 is 4.74 Å². The van der Waals surface area contributed by atoms with E-state index in [-0.39, 0.29) is 16.5 Å². The van der Waals surface area contributed by atoms with Gasteiger partial charge in [0.1, 0.15) is 5.75 Å². The average Bonchev–Trinajstić information content (AvgIpc) is 2.70. The van der Waals surface area contributed by atoms with Gasteiger partial charge in [-0.1, -0.05) is 0 Å². The zero-order valence-electron chi connectivity index (χ0n) is 20.0. The van der Waals surface area contributed by atoms with Crippen LogP contribution in [0.2, 0.25) is 0 Å². The summed E-state index contributed by atoms with van der Waals surface area (Å²) >= 11 is 0. The number of rotatable bonds is 4. The molecule has 1 saturated heterocycles. The Labute approximate surface area is 189 Å². The van der Waals surface area contributed by atoms with Gasteiger partial charge in [0.25, 0.3) is 0 Å². The number of nitrogens with zero attached hydrogens (tertiary/aromatic N) is 3. The zero-order chi connectivity index (χ0) is 23.3. The van der Waals surface area contributed by atoms with Crippen LogP contribution in [0.5, 0.6) is 5.75 Å². The molecule has 0 radical (unpaired) electrons. The molecule has 3 aromatic rings. The highest BCUT2D eigenvalue weighted by Crippen LogP contribution is 2.34. The third kappa shape index (κ3) is 4.35. The first kappa shape index (κ1) is 22.3. The number of hydrogen-bond donors (Lipinski definition) is 2. The number of ether oxygens (including phenoxy) is 1. The number of aromatic amines is 1. The second-order valence-electron chi connectivity index (χ2n) is 10.3. The zero-order valence-corrected chi connectivity index (χ0v) is 20.0. The Bertz CT molecular complexity index is 1180. The minimum absolute atomic E-state index is 0.0272. The van der Waals surface area contributed by atoms with Crippen LogP contribution in [0.3, 0.4) is 0 Å². The van der Waals surface area contributed by atoms with Crippen LogP contribution < -0.4 is 20.4 Å². The number of aryl methyl sites for hydroxylation is 1. The summed E-state index contributed by atoms with van der Waals surface area (Å²) in [5.74, 6) is 1.48. The minimum Gasteiger partial charge on any atom is -0.496 e. The van der Waals surface area contributed by atoms with E-state index in [1.165, 1.54) is 0 Å². The van der Waals surface area contributed by atoms with Crippen LogP contribution in [0, 0.1) is 6.92 Å². The molecule has 4 rings (SSSR count). The van der Waals surface area contributed by atoms with Gasteiger partial charge in [0.2, 0.25) is 0 Å². The van der Waals surface area contributed by atoms with Gasteiger partial charge >= 0.3 is 0 Å². The molecule has 1 fully saturated rings. The van der Waals surface area contributed by atoms with Crippen LogP contribution in [-0.4, -0.2) is 46.5 Å². The molecule has 0 amide bonds. The normalized spacial score (nSPS) is 18.0. The van der Waals surface area contributed by atoms with Gasteiger partial charge in [-0.25, -0.2) is 0 Å². The first-order chi connectivity index (χ1) is 15.0. The lowest BCUT2D eigenvalue weighted by Gasteiger charge is -2.49. The summed E-state index contributed by atoms with van der Waals surface area (Å²) < 4.78 is 5.60. The summed E-state index contributed by atoms with van der Waals surface area (Å²) in [4.78, 5) is 18.0. The van der Waals surface area contributed by atoms with Gasteiger partial charge in [0, 0.05) is 52.9 Å². The summed E-state index contributed by atoms with van der Waals surface area (Å²) in [5.41, 5.74) is 3.06. The molecule has 7 nitrogen and oxygen atoms in total. The van der Waals surface area contributed by atoms with Crippen molar-refractivity contribution >= 4 is 16.7 Å². The molecule has 0 spiro atoms. The summed E-state index contributed by atoms with van der Waals surface area (Å²) in [6.45, 7) is 10.9. The summed E-state index contributed by atoms with van der Waals surface area (Å²) in [6, 6.07) is 9.58. The van der Waals surface area contributed by atoms with Crippen molar-refractivity contribution in [3.63, 3.8) is 0 Å². The molecule has 1 aromatic carbocycles. The fourth-order valence-corrected chi connectivity index (χ4v) is 5.17. The van der Waals surface area contributed by atoms with E-state index in [1.807, 2.05) is 31.2 Å². The highest BCUT2D eigenvalue weighted by Gasteiger charge is 2.39. The molecular weight excluding hydrogens is 402 g/mol. The number of benzene rings is 1. The van der Waals surface area contributed by atoms with Crippen LogP contribution in [-0.2, 0) is 0 Å². The third-order valence-corrected chi connectivity index (χ3v) is 6.29. The molecule has 0 bridgehead atoms. The molecule has 1 aliphatic rings. The number of fused-ring (bicyclic) bond motifs is 1. The minimum atomic E-state index is -0.0272. The van der Waals surface area contributed by atoms with Gasteiger partial charge in [0.05, 0.1) is 18.3 Å². The Hall–Kier alpha value is -2.93. The van der Waals surface area contributed by atoms with Crippen molar-refractivity contribution in [1.29, 1.82) is 0 Å². The van der Waals surface area contributed by atoms with Gasteiger partial charge in [-0.2, -0.15) is 0 Å². The number of piperidine rings is 1. The highest BCUT2D eigenvalue weighted by molar-refractivity contribution is 5.87. The molecule has 2 N–H and O–H groups in total. The standard InChI is InChI=1S/C25H33N5O2/c1-15-10-21(31)17-11-18(22(32-7)12-20(17)26-15)19-8-9-23(28-27-19)30(6)16-13-24(2,3)29-25(4,5)14-16/h8-12,16,29H,13-14H2,1-7H3,(H,26,31). The van der Waals surface area contributed by atoms with Gasteiger partial charge < -0.3 is 19.9 Å². The topological polar surface area (TPSA) is 83.1 Å². The molecule has 7 heteroatoms. The highest BCUT2D eigenvalue weighted by atomic mass is 16.5. The van der Waals surface area contributed by atoms with E-state index < -0.39 is 0 Å². The van der Waals surface area contributed by atoms with Crippen LogP contribution in [0.4, 0.5) is 5.82 Å². The largest absolute Gasteiger partial charge is 0.496 e. The maximum Gasteiger partial charge on any atom is 0.189 e. The molecule has 0 saturated carbocycles. The Kier molecular flexibility index (Phi) is 5.49. The Morgan fingerprint density at radius 3 is 2.34 bits per heavy atom. The van der Waals surface area contributed by atoms with Crippen LogP contribution in [0.15, 0.2) is 35.1 Å². The number of anilines is 1. The second-order valence-corrected chi connectivity index (χ2v) is 10.3. The lowest BCUT2D eigenvalue weighted by Crippen LogP contribution is -2.62. The van der Waals surface area contributed by atoms with Gasteiger partial charge in [-0.05, 0) is 65.7 Å². The predicted octanol–water partition coefficient (Wildman–Crippen LogP) is 4.05. The van der Waals surface area contributed by atoms with Gasteiger partial charge in [-0.3, -0.25) is 4.79 Å². The number of pyridine rings is 1. The molecule has 170 valence electrons. The molecule has 0 aliphatic carbocycles. The monoisotopic (exact) mass is 435 g/mol. The molecule has 32 heavy (non-hydrogen) atoms. The SMILES string of the molecule is COc1cc2[nH]c(C)cc(=O)c2cc1-c1ccc(N(C)C2CC(C)(C)NC(C)(C)C2)nn1. The fraction of sp³-hybridized carbons (Fsp3) is 0.480. The van der Waals surface area contributed by atoms with Gasteiger partial charge in [-0.15, -0.1) is 10.2 Å². The van der Waals surface area contributed by atoms with Crippen LogP contribution in [0.1, 0.15) is 46.2 Å². The number of H-pyrrole nitrogens is 1. The molecule has 2 aromatic heterocycles. The first-order valence-corrected chi connectivity index (χ1v) is 11.1. The maximum atomic E-state index is 12.5. The van der Waals surface area contributed by atoms with E-state index in [0.717, 1.165) is 35.4 Å². The van der Waals surface area contributed by atoms with Crippen LogP contribution in [0.25, 0.3) is 22.2 Å². The van der Waals surface area contributed by atoms with Crippen molar-refractivity contribution in [1.82, 2.24) is 20.5 Å². The maximum absolute atomic E-state index is 12.5. The van der Waals surface area contributed by atoms with Crippen molar-refractivity contribution in [2.45, 2.75) is 64.6 Å². The summed E-state index contributed by atoms with van der Waals surface area (Å²) in [7, 11) is 3.71. The number of nitrogens with one attached hydrogen (secondary N) is 2. The van der Waals surface area contributed by atoms with Crippen molar-refractivity contribution in [3.05, 3.63) is 46.2 Å². The predicted molar refractivity (Wildman–Crippen MR) is 130 cm³/mol. The first-order valence-electron chi connectivity index (χ1n) is 11.1. The quantitative estimate of drug-likeness (QED) is 0.643. The number of aromatic nitrogens is 3. The van der Waals surface area contributed by atoms with E-state index in [9.17, 15) is 4.79 Å². The fourth-order valence-electron chi connectivity index (χ4n) is 5.17. The molecule has 1 aliphatic heterocycles. The van der Waals surface area contributed by atoms with Crippen molar-refractivity contribution in [3.8, 4) is 17.0 Å². The number of hydrogen-bond acceptors (Lipinski definition) is 6. The van der Waals surface area contributed by atoms with E-state index >= 15 is 0 Å². The van der Waals surface area contributed by atoms with E-state index in [2.05, 4.69) is 60.1 Å². The van der Waals surface area contributed by atoms with E-state index in [4.69, 9.17) is 4.74 Å². The van der Waals surface area contributed by atoms with Crippen molar-refractivity contribution in [2.75, 3.05) is 19.1 Å². The van der Waals surface area contributed by atoms with E-state index in [0.29, 0.717) is 22.9 Å². The summed E-state index contributed by atoms with van der Waals surface area (Å²) in [5, 5.41) is 13.4. The summed E-state index contributed by atoms with van der Waals surface area (Å²) in [6.07, 6.45) is 2.05. The van der Waals surface area contributed by atoms with E-state index in [1.54, 1.807) is 13.2 Å². The average molecular weight is 436 g/mol. The van der Waals surface area contributed by atoms with Crippen LogP contribution >= 0.6 is 0 Å². The van der Waals surface area contributed by atoms with Gasteiger partial charge in [0.15, 0.2) is 11.2 Å². The lowest BCUT2D eigenvalue weighted by molar-refractivity contribution is 0.160. The number of methoxy groups -OCH3 is 1. The lowest BCUT2D eigenvalue weighted by atomic mass is 9.79. The van der Waals surface area contributed by atoms with Crippen molar-refractivity contribution in [2.24, 2.45) is 0 Å². The molecule has 3 heterocycles. The Morgan fingerprint density at radius 2 is 1.75 bits per heavy atom. The molecule has 0 unspecified atom stereocenters. The third-order valence-electron chi connectivity index (χ3n) is 6.29. The Balaban J connectivity index is 1.67. The second kappa shape index (κ2) is 7.89. The Morgan fingerprint density at radius 1 is 1.06 bits per heavy atom. The smallest absolute Gasteiger partial charge is 0.189 e. The molecular formula is C25H33N5O2.